The highest BCUT2D eigenvalue weighted by molar-refractivity contribution is 6.32. The van der Waals surface area contributed by atoms with Crippen LogP contribution in [-0.4, -0.2) is 6.29 Å². The van der Waals surface area contributed by atoms with Gasteiger partial charge in [0.2, 0.25) is 0 Å². The highest BCUT2D eigenvalue weighted by Crippen LogP contribution is 2.23. The Balaban J connectivity index is 3.15. The van der Waals surface area contributed by atoms with Crippen molar-refractivity contribution in [1.29, 1.82) is 0 Å². The van der Waals surface area contributed by atoms with Gasteiger partial charge in [0.25, 0.3) is 0 Å². The van der Waals surface area contributed by atoms with Gasteiger partial charge in [-0.1, -0.05) is 17.7 Å². The molecule has 0 radical (unpaired) electrons. The summed E-state index contributed by atoms with van der Waals surface area (Å²) in [5.41, 5.74) is 5.69. The van der Waals surface area contributed by atoms with Crippen molar-refractivity contribution in [3.63, 3.8) is 0 Å². The normalized spacial score (nSPS) is 10.6. The van der Waals surface area contributed by atoms with Gasteiger partial charge in [0.05, 0.1) is 10.7 Å². The maximum absolute atomic E-state index is 12.9. The first kappa shape index (κ1) is 9.74. The Morgan fingerprint density at radius 1 is 1.46 bits per heavy atom. The molecule has 1 aromatic rings. The van der Waals surface area contributed by atoms with Crippen molar-refractivity contribution >= 4 is 29.7 Å². The minimum Gasteiger partial charge on any atom is -0.396 e. The molecule has 13 heavy (non-hydrogen) atoms. The van der Waals surface area contributed by atoms with E-state index in [0.29, 0.717) is 16.9 Å². The van der Waals surface area contributed by atoms with Gasteiger partial charge < -0.3 is 5.73 Å². The first-order valence-electron chi connectivity index (χ1n) is 3.51. The van der Waals surface area contributed by atoms with E-state index in [1.165, 1.54) is 24.3 Å². The number of aldehydes is 1. The molecule has 4 heteroatoms. The molecule has 0 atom stereocenters. The molecule has 0 fully saturated rings. The lowest BCUT2D eigenvalue weighted by atomic mass is 10.2. The molecule has 0 spiro atoms. The van der Waals surface area contributed by atoms with Crippen LogP contribution in [0.25, 0.3) is 6.08 Å². The molecule has 0 amide bonds. The van der Waals surface area contributed by atoms with Crippen molar-refractivity contribution in [3.8, 4) is 0 Å². The molecule has 0 unspecified atom stereocenters. The van der Waals surface area contributed by atoms with Crippen LogP contribution in [0, 0.1) is 5.82 Å². The molecular formula is C9H7ClFNO. The molecular weight excluding hydrogens is 193 g/mol. The fraction of sp³-hybridized carbons (Fsp3) is 0. The lowest BCUT2D eigenvalue weighted by Gasteiger charge is -2.00. The average Bonchev–Trinajstić information content (AvgIpc) is 2.09. The van der Waals surface area contributed by atoms with Gasteiger partial charge in [-0.15, -0.1) is 0 Å². The number of anilines is 1. The van der Waals surface area contributed by atoms with Crippen LogP contribution in [0.4, 0.5) is 10.1 Å². The number of carbonyl (C=O) groups excluding carboxylic acids is 1. The predicted octanol–water partition coefficient (Wildman–Crippen LogP) is 2.27. The van der Waals surface area contributed by atoms with Crippen molar-refractivity contribution in [1.82, 2.24) is 0 Å². The summed E-state index contributed by atoms with van der Waals surface area (Å²) in [4.78, 5) is 9.99. The van der Waals surface area contributed by atoms with Crippen LogP contribution in [0.15, 0.2) is 18.2 Å². The lowest BCUT2D eigenvalue weighted by Crippen LogP contribution is -1.91. The zero-order valence-electron chi connectivity index (χ0n) is 6.63. The standard InChI is InChI=1S/C9H7ClFNO/c10-7-5-9(12)8(11)4-6(7)2-1-3-13/h1-5H,12H2. The van der Waals surface area contributed by atoms with Gasteiger partial charge in [0, 0.05) is 0 Å². The first-order chi connectivity index (χ1) is 6.15. The molecule has 1 aromatic carbocycles. The summed E-state index contributed by atoms with van der Waals surface area (Å²) < 4.78 is 12.9. The highest BCUT2D eigenvalue weighted by Gasteiger charge is 2.03. The van der Waals surface area contributed by atoms with Gasteiger partial charge in [-0.25, -0.2) is 4.39 Å². The summed E-state index contributed by atoms with van der Waals surface area (Å²) in [5, 5.41) is 0.317. The Labute approximate surface area is 79.8 Å². The number of carbonyl (C=O) groups is 1. The predicted molar refractivity (Wildman–Crippen MR) is 50.9 cm³/mol. The second kappa shape index (κ2) is 4.05. The number of hydrogen-bond donors (Lipinski definition) is 1. The number of halogens is 2. The number of allylic oxidation sites excluding steroid dienone is 1. The number of benzene rings is 1. The molecule has 0 aliphatic rings. The quantitative estimate of drug-likeness (QED) is 0.451. The van der Waals surface area contributed by atoms with Crippen molar-refractivity contribution < 1.29 is 9.18 Å². The van der Waals surface area contributed by atoms with E-state index in [9.17, 15) is 9.18 Å². The third-order valence-corrected chi connectivity index (χ3v) is 1.80. The van der Waals surface area contributed by atoms with Crippen LogP contribution in [-0.2, 0) is 4.79 Å². The summed E-state index contributed by atoms with van der Waals surface area (Å²) in [5.74, 6) is -0.546. The van der Waals surface area contributed by atoms with Crippen LogP contribution < -0.4 is 5.73 Å². The van der Waals surface area contributed by atoms with Gasteiger partial charge >= 0.3 is 0 Å². The third-order valence-electron chi connectivity index (χ3n) is 1.47. The molecule has 0 aliphatic heterocycles. The Hall–Kier alpha value is -1.35. The van der Waals surface area contributed by atoms with Crippen LogP contribution in [0.3, 0.4) is 0 Å². The van der Waals surface area contributed by atoms with E-state index in [4.69, 9.17) is 17.3 Å². The monoisotopic (exact) mass is 199 g/mol. The van der Waals surface area contributed by atoms with Crippen molar-refractivity contribution in [2.75, 3.05) is 5.73 Å². The Bertz CT molecular complexity index is 363. The number of nitrogens with two attached hydrogens (primary N) is 1. The van der Waals surface area contributed by atoms with Crippen molar-refractivity contribution in [2.45, 2.75) is 0 Å². The summed E-state index contributed by atoms with van der Waals surface area (Å²) in [6.45, 7) is 0. The maximum Gasteiger partial charge on any atom is 0.146 e. The summed E-state index contributed by atoms with van der Waals surface area (Å²) in [6.07, 6.45) is 3.24. The number of nitrogen functional groups attached to an aromatic ring is 1. The lowest BCUT2D eigenvalue weighted by molar-refractivity contribution is -0.104. The Kier molecular flexibility index (Phi) is 3.03. The van der Waals surface area contributed by atoms with Crippen LogP contribution >= 0.6 is 11.6 Å². The topological polar surface area (TPSA) is 43.1 Å². The van der Waals surface area contributed by atoms with E-state index in [2.05, 4.69) is 0 Å². The van der Waals surface area contributed by atoms with E-state index >= 15 is 0 Å². The van der Waals surface area contributed by atoms with Gasteiger partial charge in [-0.3, -0.25) is 4.79 Å². The van der Waals surface area contributed by atoms with Crippen LogP contribution in [0.2, 0.25) is 5.02 Å². The SMILES string of the molecule is Nc1cc(Cl)c(C=CC=O)cc1F. The molecule has 0 aliphatic carbocycles. The fourth-order valence-corrected chi connectivity index (χ4v) is 1.08. The van der Waals surface area contributed by atoms with Crippen molar-refractivity contribution in [2.24, 2.45) is 0 Å². The van der Waals surface area contributed by atoms with Crippen LogP contribution in [0.1, 0.15) is 5.56 Å². The van der Waals surface area contributed by atoms with E-state index in [1.54, 1.807) is 0 Å². The summed E-state index contributed by atoms with van der Waals surface area (Å²) >= 11 is 5.72. The largest absolute Gasteiger partial charge is 0.396 e. The zero-order valence-corrected chi connectivity index (χ0v) is 7.38. The third kappa shape index (κ3) is 2.29. The van der Waals surface area contributed by atoms with E-state index in [0.717, 1.165) is 0 Å². The van der Waals surface area contributed by atoms with Gasteiger partial charge in [-0.05, 0) is 23.8 Å². The minimum atomic E-state index is -0.546. The van der Waals surface area contributed by atoms with E-state index in [1.807, 2.05) is 0 Å². The molecule has 0 bridgehead atoms. The maximum atomic E-state index is 12.9. The Morgan fingerprint density at radius 3 is 2.77 bits per heavy atom. The molecule has 0 aromatic heterocycles. The second-order valence-corrected chi connectivity index (χ2v) is 2.80. The molecule has 2 nitrogen and oxygen atoms in total. The zero-order chi connectivity index (χ0) is 9.84. The average molecular weight is 200 g/mol. The van der Waals surface area contributed by atoms with E-state index < -0.39 is 5.82 Å². The summed E-state index contributed by atoms with van der Waals surface area (Å²) in [7, 11) is 0. The molecule has 0 saturated carbocycles. The summed E-state index contributed by atoms with van der Waals surface area (Å²) in [6, 6.07) is 2.49. The van der Waals surface area contributed by atoms with Gasteiger partial charge in [0.15, 0.2) is 0 Å². The Morgan fingerprint density at radius 2 is 2.15 bits per heavy atom. The van der Waals surface area contributed by atoms with Gasteiger partial charge in [0.1, 0.15) is 12.1 Å². The van der Waals surface area contributed by atoms with Crippen LogP contribution in [0.5, 0.6) is 0 Å². The highest BCUT2D eigenvalue weighted by atomic mass is 35.5. The molecule has 68 valence electrons. The van der Waals surface area contributed by atoms with Gasteiger partial charge in [-0.2, -0.15) is 0 Å². The minimum absolute atomic E-state index is 0.00625. The first-order valence-corrected chi connectivity index (χ1v) is 3.89. The molecule has 0 saturated heterocycles. The number of rotatable bonds is 2. The molecule has 0 heterocycles. The second-order valence-electron chi connectivity index (χ2n) is 2.39. The molecule has 1 rings (SSSR count). The van der Waals surface area contributed by atoms with Crippen molar-refractivity contribution in [3.05, 3.63) is 34.6 Å². The fourth-order valence-electron chi connectivity index (χ4n) is 0.848. The molecule has 2 N–H and O–H groups in total. The number of hydrogen-bond acceptors (Lipinski definition) is 2. The van der Waals surface area contributed by atoms with E-state index in [-0.39, 0.29) is 5.69 Å². The smallest absolute Gasteiger partial charge is 0.146 e.